The Hall–Kier alpha value is -1.93. The molecule has 1 nitrogen and oxygen atoms in total. The number of aryl methyl sites for hydroxylation is 1. The maximum Gasteiger partial charge on any atom is 0.134 e. The van der Waals surface area contributed by atoms with Crippen LogP contribution in [0.1, 0.15) is 11.1 Å². The smallest absolute Gasteiger partial charge is 0.134 e. The van der Waals surface area contributed by atoms with E-state index in [9.17, 15) is 0 Å². The molecule has 0 amide bonds. The molecule has 1 heterocycles. The lowest BCUT2D eigenvalue weighted by Gasteiger charge is -2.07. The number of hydrogen-bond donors (Lipinski definition) is 0. The van der Waals surface area contributed by atoms with E-state index in [1.807, 2.05) is 23.9 Å². The van der Waals surface area contributed by atoms with E-state index in [0.717, 1.165) is 17.1 Å². The van der Waals surface area contributed by atoms with Crippen LogP contribution in [0.3, 0.4) is 0 Å². The fourth-order valence-corrected chi connectivity index (χ4v) is 3.19. The molecule has 20 heavy (non-hydrogen) atoms. The van der Waals surface area contributed by atoms with E-state index in [1.165, 1.54) is 16.0 Å². The summed E-state index contributed by atoms with van der Waals surface area (Å²) in [5.41, 5.74) is 3.82. The highest BCUT2D eigenvalue weighted by Gasteiger charge is 2.07. The molecule has 0 aliphatic carbocycles. The number of rotatable bonds is 4. The molecule has 2 aromatic carbocycles. The van der Waals surface area contributed by atoms with Crippen molar-refractivity contribution in [3.8, 4) is 11.3 Å². The molecule has 0 N–H and O–H groups in total. The molecule has 0 atom stereocenters. The molecule has 3 rings (SSSR count). The summed E-state index contributed by atoms with van der Waals surface area (Å²) in [5, 5.41) is 0. The van der Waals surface area contributed by atoms with Gasteiger partial charge in [-0.25, -0.2) is 0 Å². The lowest BCUT2D eigenvalue weighted by Crippen LogP contribution is -1.84. The Bertz CT molecular complexity index is 686. The van der Waals surface area contributed by atoms with E-state index < -0.39 is 0 Å². The Morgan fingerprint density at radius 3 is 2.65 bits per heavy atom. The Morgan fingerprint density at radius 2 is 1.85 bits per heavy atom. The lowest BCUT2D eigenvalue weighted by atomic mass is 10.2. The summed E-state index contributed by atoms with van der Waals surface area (Å²) in [5.74, 6) is 1.90. The maximum absolute atomic E-state index is 5.52. The third kappa shape index (κ3) is 2.97. The summed E-state index contributed by atoms with van der Waals surface area (Å²) >= 11 is 1.85. The minimum Gasteiger partial charge on any atom is -0.464 e. The summed E-state index contributed by atoms with van der Waals surface area (Å²) in [4.78, 5) is 1.25. The van der Waals surface area contributed by atoms with Gasteiger partial charge in [0.1, 0.15) is 5.76 Å². The van der Waals surface area contributed by atoms with Crippen LogP contribution in [0.2, 0.25) is 0 Å². The number of thioether (sulfide) groups is 1. The fraction of sp³-hybridized carbons (Fsp3) is 0.111. The van der Waals surface area contributed by atoms with Crippen LogP contribution in [0.25, 0.3) is 11.3 Å². The molecule has 0 unspecified atom stereocenters. The van der Waals surface area contributed by atoms with Crippen LogP contribution in [-0.4, -0.2) is 0 Å². The van der Waals surface area contributed by atoms with Gasteiger partial charge < -0.3 is 4.42 Å². The predicted octanol–water partition coefficient (Wildman–Crippen LogP) is 5.55. The maximum atomic E-state index is 5.52. The van der Waals surface area contributed by atoms with Crippen molar-refractivity contribution in [3.63, 3.8) is 0 Å². The van der Waals surface area contributed by atoms with Crippen LogP contribution < -0.4 is 0 Å². The van der Waals surface area contributed by atoms with Gasteiger partial charge in [0, 0.05) is 16.2 Å². The lowest BCUT2D eigenvalue weighted by molar-refractivity contribution is 0.581. The van der Waals surface area contributed by atoms with Crippen LogP contribution in [0.4, 0.5) is 0 Å². The molecule has 2 heteroatoms. The van der Waals surface area contributed by atoms with Crippen LogP contribution in [-0.2, 0) is 5.75 Å². The molecule has 0 aliphatic heterocycles. The van der Waals surface area contributed by atoms with Gasteiger partial charge in [0.2, 0.25) is 0 Å². The molecule has 0 aliphatic rings. The van der Waals surface area contributed by atoms with Crippen molar-refractivity contribution in [2.24, 2.45) is 0 Å². The van der Waals surface area contributed by atoms with Crippen molar-refractivity contribution < 1.29 is 4.42 Å². The van der Waals surface area contributed by atoms with E-state index >= 15 is 0 Å². The van der Waals surface area contributed by atoms with Gasteiger partial charge in [0.15, 0.2) is 0 Å². The number of furan rings is 1. The predicted molar refractivity (Wildman–Crippen MR) is 84.9 cm³/mol. The third-order valence-electron chi connectivity index (χ3n) is 3.15. The van der Waals surface area contributed by atoms with Crippen molar-refractivity contribution >= 4 is 11.8 Å². The summed E-state index contributed by atoms with van der Waals surface area (Å²) in [7, 11) is 0. The van der Waals surface area contributed by atoms with Gasteiger partial charge in [0.05, 0.1) is 6.26 Å². The van der Waals surface area contributed by atoms with Gasteiger partial charge in [-0.1, -0.05) is 48.0 Å². The normalized spacial score (nSPS) is 10.7. The van der Waals surface area contributed by atoms with Crippen LogP contribution in [0.15, 0.2) is 76.2 Å². The van der Waals surface area contributed by atoms with Crippen molar-refractivity contribution in [1.29, 1.82) is 0 Å². The highest BCUT2D eigenvalue weighted by molar-refractivity contribution is 7.98. The van der Waals surface area contributed by atoms with Crippen LogP contribution in [0, 0.1) is 6.92 Å². The van der Waals surface area contributed by atoms with Crippen molar-refractivity contribution in [2.45, 2.75) is 17.6 Å². The molecule has 3 aromatic rings. The largest absolute Gasteiger partial charge is 0.464 e. The Morgan fingerprint density at radius 1 is 0.950 bits per heavy atom. The van der Waals surface area contributed by atoms with E-state index in [1.54, 1.807) is 6.26 Å². The SMILES string of the molecule is Cc1cccc(CSc2ccccc2-c2ccco2)c1. The Balaban J connectivity index is 1.81. The van der Waals surface area contributed by atoms with E-state index in [4.69, 9.17) is 4.42 Å². The second-order valence-electron chi connectivity index (χ2n) is 4.75. The van der Waals surface area contributed by atoms with Gasteiger partial charge >= 0.3 is 0 Å². The summed E-state index contributed by atoms with van der Waals surface area (Å²) in [6.07, 6.45) is 1.72. The van der Waals surface area contributed by atoms with Crippen molar-refractivity contribution in [2.75, 3.05) is 0 Å². The first kappa shape index (κ1) is 13.1. The first-order valence-electron chi connectivity index (χ1n) is 6.64. The van der Waals surface area contributed by atoms with Gasteiger partial charge in [-0.3, -0.25) is 0 Å². The van der Waals surface area contributed by atoms with Crippen molar-refractivity contribution in [3.05, 3.63) is 78.1 Å². The standard InChI is InChI=1S/C18H16OS/c1-14-6-4-7-15(12-14)13-20-18-10-3-2-8-16(18)17-9-5-11-19-17/h2-12H,13H2,1H3. The molecule has 0 bridgehead atoms. The molecular formula is C18H16OS. The zero-order chi connectivity index (χ0) is 13.8. The average molecular weight is 280 g/mol. The number of hydrogen-bond acceptors (Lipinski definition) is 2. The Kier molecular flexibility index (Phi) is 3.93. The van der Waals surface area contributed by atoms with Crippen LogP contribution >= 0.6 is 11.8 Å². The molecule has 100 valence electrons. The minimum absolute atomic E-state index is 0.928. The fourth-order valence-electron chi connectivity index (χ4n) is 2.19. The summed E-state index contributed by atoms with van der Waals surface area (Å²) in [6.45, 7) is 2.13. The molecular weight excluding hydrogens is 264 g/mol. The van der Waals surface area contributed by atoms with E-state index in [-0.39, 0.29) is 0 Å². The molecule has 0 saturated carbocycles. The topological polar surface area (TPSA) is 13.1 Å². The number of benzene rings is 2. The average Bonchev–Trinajstić information content (AvgIpc) is 3.00. The van der Waals surface area contributed by atoms with Gasteiger partial charge in [-0.15, -0.1) is 11.8 Å². The second-order valence-corrected chi connectivity index (χ2v) is 5.77. The monoisotopic (exact) mass is 280 g/mol. The van der Waals surface area contributed by atoms with Crippen molar-refractivity contribution in [1.82, 2.24) is 0 Å². The minimum atomic E-state index is 0.928. The van der Waals surface area contributed by atoms with E-state index in [0.29, 0.717) is 0 Å². The van der Waals surface area contributed by atoms with E-state index in [2.05, 4.69) is 55.5 Å². The first-order chi connectivity index (χ1) is 9.83. The molecule has 0 fully saturated rings. The quantitative estimate of drug-likeness (QED) is 0.581. The highest BCUT2D eigenvalue weighted by Crippen LogP contribution is 2.33. The third-order valence-corrected chi connectivity index (χ3v) is 4.30. The molecule has 0 radical (unpaired) electrons. The van der Waals surface area contributed by atoms with Gasteiger partial charge in [-0.2, -0.15) is 0 Å². The zero-order valence-electron chi connectivity index (χ0n) is 11.4. The highest BCUT2D eigenvalue weighted by atomic mass is 32.2. The summed E-state index contributed by atoms with van der Waals surface area (Å²) in [6, 6.07) is 21.0. The first-order valence-corrected chi connectivity index (χ1v) is 7.63. The van der Waals surface area contributed by atoms with Gasteiger partial charge in [0.25, 0.3) is 0 Å². The molecule has 0 spiro atoms. The second kappa shape index (κ2) is 6.02. The molecule has 0 saturated heterocycles. The molecule has 1 aromatic heterocycles. The Labute approximate surface area is 123 Å². The van der Waals surface area contributed by atoms with Gasteiger partial charge in [-0.05, 0) is 30.7 Å². The zero-order valence-corrected chi connectivity index (χ0v) is 12.2. The van der Waals surface area contributed by atoms with Crippen LogP contribution in [0.5, 0.6) is 0 Å². The summed E-state index contributed by atoms with van der Waals surface area (Å²) < 4.78 is 5.52.